The zero-order chi connectivity index (χ0) is 29.9. The number of carbonyl (C=O) groups is 3. The van der Waals surface area contributed by atoms with E-state index in [4.69, 9.17) is 14.2 Å². The summed E-state index contributed by atoms with van der Waals surface area (Å²) in [6.45, 7) is 1.22. The van der Waals surface area contributed by atoms with E-state index in [0.717, 1.165) is 16.7 Å². The molecule has 41 heavy (non-hydrogen) atoms. The number of carboxylic acids is 1. The molecule has 0 fully saturated rings. The number of esters is 1. The van der Waals surface area contributed by atoms with Gasteiger partial charge < -0.3 is 29.1 Å². The normalized spacial score (nSPS) is 15.7. The van der Waals surface area contributed by atoms with Crippen molar-refractivity contribution in [3.63, 3.8) is 0 Å². The second kappa shape index (κ2) is 14.8. The Balaban J connectivity index is 1.78. The Morgan fingerprint density at radius 2 is 1.76 bits per heavy atom. The van der Waals surface area contributed by atoms with E-state index in [1.54, 1.807) is 19.1 Å². The van der Waals surface area contributed by atoms with Crippen molar-refractivity contribution in [1.82, 2.24) is 10.2 Å². The van der Waals surface area contributed by atoms with Crippen LogP contribution in [-0.2, 0) is 43.3 Å². The van der Waals surface area contributed by atoms with Crippen molar-refractivity contribution in [2.45, 2.75) is 57.3 Å². The fourth-order valence-electron chi connectivity index (χ4n) is 4.68. The van der Waals surface area contributed by atoms with Gasteiger partial charge in [-0.05, 0) is 48.6 Å². The van der Waals surface area contributed by atoms with Crippen LogP contribution in [0.3, 0.4) is 0 Å². The van der Waals surface area contributed by atoms with Crippen molar-refractivity contribution >= 4 is 17.8 Å². The van der Waals surface area contributed by atoms with Gasteiger partial charge in [-0.1, -0.05) is 30.3 Å². The number of fused-ring (bicyclic) bond motifs is 1. The van der Waals surface area contributed by atoms with Crippen LogP contribution in [0.4, 0.5) is 0 Å². The number of methoxy groups -OCH3 is 2. The van der Waals surface area contributed by atoms with Crippen LogP contribution in [0.2, 0.25) is 0 Å². The largest absolute Gasteiger partial charge is 0.493 e. The van der Waals surface area contributed by atoms with Gasteiger partial charge in [0.1, 0.15) is 12.1 Å². The first kappa shape index (κ1) is 31.1. The van der Waals surface area contributed by atoms with E-state index in [1.165, 1.54) is 19.1 Å². The average Bonchev–Trinajstić information content (AvgIpc) is 2.97. The van der Waals surface area contributed by atoms with Crippen molar-refractivity contribution in [3.8, 4) is 11.5 Å². The van der Waals surface area contributed by atoms with E-state index < -0.39 is 41.1 Å². The number of hydrogen-bond acceptors (Lipinski definition) is 10. The molecule has 3 unspecified atom stereocenters. The Morgan fingerprint density at radius 3 is 2.37 bits per heavy atom. The lowest BCUT2D eigenvalue weighted by Gasteiger charge is -2.37. The highest BCUT2D eigenvalue weighted by Crippen LogP contribution is 2.35. The topological polar surface area (TPSA) is 167 Å². The highest BCUT2D eigenvalue weighted by atomic mass is 16.9. The molecular weight excluding hydrogens is 538 g/mol. The summed E-state index contributed by atoms with van der Waals surface area (Å²) in [5, 5.41) is 22.1. The molecular formula is C28H35N3O10. The SMILES string of the molecule is COc1cc2c(cc1OC)CN(C(=O)C(C)NC(CCc1ccccc1)C(=O)O)C(C(=O)OCCCO[N+](=O)[O-])C2. The minimum atomic E-state index is -1.09. The summed E-state index contributed by atoms with van der Waals surface area (Å²) in [5.74, 6) is -1.33. The van der Waals surface area contributed by atoms with Crippen LogP contribution in [0, 0.1) is 10.1 Å². The number of nitrogens with zero attached hydrogens (tertiary/aromatic N) is 2. The van der Waals surface area contributed by atoms with E-state index in [9.17, 15) is 29.6 Å². The molecule has 1 amide bonds. The molecule has 0 aromatic heterocycles. The minimum absolute atomic E-state index is 0.0481. The van der Waals surface area contributed by atoms with Gasteiger partial charge in [-0.2, -0.15) is 0 Å². The maximum absolute atomic E-state index is 13.7. The number of carboxylic acid groups (broad SMARTS) is 1. The predicted octanol–water partition coefficient (Wildman–Crippen LogP) is 2.16. The third kappa shape index (κ3) is 8.55. The summed E-state index contributed by atoms with van der Waals surface area (Å²) in [4.78, 5) is 54.8. The Kier molecular flexibility index (Phi) is 11.3. The van der Waals surface area contributed by atoms with Gasteiger partial charge >= 0.3 is 11.9 Å². The molecule has 0 saturated carbocycles. The van der Waals surface area contributed by atoms with Crippen LogP contribution in [0.5, 0.6) is 11.5 Å². The monoisotopic (exact) mass is 573 g/mol. The molecule has 13 nitrogen and oxygen atoms in total. The Bertz CT molecular complexity index is 1220. The fraction of sp³-hybridized carbons (Fsp3) is 0.464. The number of amides is 1. The second-order valence-corrected chi connectivity index (χ2v) is 9.54. The fourth-order valence-corrected chi connectivity index (χ4v) is 4.68. The van der Waals surface area contributed by atoms with Gasteiger partial charge in [-0.15, -0.1) is 10.1 Å². The average molecular weight is 574 g/mol. The van der Waals surface area contributed by atoms with Gasteiger partial charge in [-0.25, -0.2) is 4.79 Å². The Morgan fingerprint density at radius 1 is 1.10 bits per heavy atom. The molecule has 0 saturated heterocycles. The highest BCUT2D eigenvalue weighted by Gasteiger charge is 2.38. The molecule has 2 aromatic carbocycles. The summed E-state index contributed by atoms with van der Waals surface area (Å²) in [6.07, 6.45) is 0.970. The molecule has 1 aliphatic rings. The van der Waals surface area contributed by atoms with Crippen LogP contribution in [-0.4, -0.2) is 78.5 Å². The molecule has 0 aliphatic carbocycles. The van der Waals surface area contributed by atoms with Crippen LogP contribution in [0.1, 0.15) is 36.5 Å². The van der Waals surface area contributed by atoms with Gasteiger partial charge in [-0.3, -0.25) is 14.9 Å². The van der Waals surface area contributed by atoms with Crippen molar-refractivity contribution in [2.24, 2.45) is 0 Å². The minimum Gasteiger partial charge on any atom is -0.493 e. The molecule has 2 aromatic rings. The first-order valence-electron chi connectivity index (χ1n) is 13.2. The van der Waals surface area contributed by atoms with E-state index in [2.05, 4.69) is 10.2 Å². The summed E-state index contributed by atoms with van der Waals surface area (Å²) in [6, 6.07) is 9.97. The molecule has 13 heteroatoms. The summed E-state index contributed by atoms with van der Waals surface area (Å²) >= 11 is 0. The molecule has 0 radical (unpaired) electrons. The number of nitrogens with one attached hydrogen (secondary N) is 1. The maximum atomic E-state index is 13.7. The Hall–Kier alpha value is -4.39. The lowest BCUT2D eigenvalue weighted by molar-refractivity contribution is -0.757. The molecule has 3 rings (SSSR count). The lowest BCUT2D eigenvalue weighted by atomic mass is 9.92. The zero-order valence-electron chi connectivity index (χ0n) is 23.2. The van der Waals surface area contributed by atoms with Gasteiger partial charge in [0.05, 0.1) is 33.5 Å². The zero-order valence-corrected chi connectivity index (χ0v) is 23.2. The number of carbonyl (C=O) groups excluding carboxylic acids is 2. The van der Waals surface area contributed by atoms with E-state index in [0.29, 0.717) is 17.9 Å². The van der Waals surface area contributed by atoms with Gasteiger partial charge in [0.25, 0.3) is 5.09 Å². The summed E-state index contributed by atoms with van der Waals surface area (Å²) < 4.78 is 16.1. The van der Waals surface area contributed by atoms with E-state index in [-0.39, 0.29) is 39.0 Å². The standard InChI is InChI=1S/C28H35N3O10/c1-18(29-22(27(33)34)11-10-19-8-5-4-6-9-19)26(32)30-17-21-16-25(39-3)24(38-2)15-20(21)14-23(30)28(35)40-12-7-13-41-31(36)37/h4-6,8-9,15-16,18,22-23,29H,7,10-14,17H2,1-3H3,(H,33,34). The van der Waals surface area contributed by atoms with Gasteiger partial charge in [0.15, 0.2) is 11.5 Å². The lowest BCUT2D eigenvalue weighted by Crippen LogP contribution is -2.56. The first-order valence-corrected chi connectivity index (χ1v) is 13.2. The summed E-state index contributed by atoms with van der Waals surface area (Å²) in [5.41, 5.74) is 2.48. The molecule has 1 aliphatic heterocycles. The molecule has 3 atom stereocenters. The number of aryl methyl sites for hydroxylation is 1. The first-order chi connectivity index (χ1) is 19.6. The van der Waals surface area contributed by atoms with Crippen LogP contribution < -0.4 is 14.8 Å². The molecule has 1 heterocycles. The highest BCUT2D eigenvalue weighted by molar-refractivity contribution is 5.89. The Labute approximate surface area is 237 Å². The van der Waals surface area contributed by atoms with Crippen molar-refractivity contribution in [2.75, 3.05) is 27.4 Å². The predicted molar refractivity (Wildman–Crippen MR) is 145 cm³/mol. The van der Waals surface area contributed by atoms with Crippen molar-refractivity contribution in [1.29, 1.82) is 0 Å². The third-order valence-corrected chi connectivity index (χ3v) is 6.81. The molecule has 0 spiro atoms. The van der Waals surface area contributed by atoms with Crippen LogP contribution in [0.15, 0.2) is 42.5 Å². The quantitative estimate of drug-likeness (QED) is 0.139. The van der Waals surface area contributed by atoms with Gasteiger partial charge in [0, 0.05) is 19.4 Å². The molecule has 0 bridgehead atoms. The summed E-state index contributed by atoms with van der Waals surface area (Å²) in [7, 11) is 2.98. The molecule has 2 N–H and O–H groups in total. The van der Waals surface area contributed by atoms with E-state index >= 15 is 0 Å². The number of hydrogen-bond donors (Lipinski definition) is 2. The van der Waals surface area contributed by atoms with Crippen LogP contribution in [0.25, 0.3) is 0 Å². The molecule has 222 valence electrons. The second-order valence-electron chi connectivity index (χ2n) is 9.54. The number of rotatable bonds is 15. The maximum Gasteiger partial charge on any atom is 0.329 e. The number of ether oxygens (including phenoxy) is 3. The van der Waals surface area contributed by atoms with Crippen LogP contribution >= 0.6 is 0 Å². The number of aliphatic carboxylic acids is 1. The van der Waals surface area contributed by atoms with E-state index in [1.807, 2.05) is 30.3 Å². The number of benzene rings is 2. The third-order valence-electron chi connectivity index (χ3n) is 6.81. The smallest absolute Gasteiger partial charge is 0.329 e. The van der Waals surface area contributed by atoms with Crippen molar-refractivity contribution in [3.05, 3.63) is 69.3 Å². The van der Waals surface area contributed by atoms with Crippen molar-refractivity contribution < 1.29 is 43.6 Å². The van der Waals surface area contributed by atoms with Gasteiger partial charge in [0.2, 0.25) is 5.91 Å².